The SMILES string of the molecule is CCC(CC)CNCCS(=O)CC. The van der Waals surface area contributed by atoms with Gasteiger partial charge in [0.05, 0.1) is 0 Å². The predicted octanol–water partition coefficient (Wildman–Crippen LogP) is 1.78. The number of rotatable bonds is 8. The fourth-order valence-electron chi connectivity index (χ4n) is 1.21. The summed E-state index contributed by atoms with van der Waals surface area (Å²) < 4.78 is 11.1. The lowest BCUT2D eigenvalue weighted by Gasteiger charge is -2.12. The summed E-state index contributed by atoms with van der Waals surface area (Å²) >= 11 is 0. The van der Waals surface area contributed by atoms with E-state index in [1.807, 2.05) is 6.92 Å². The lowest BCUT2D eigenvalue weighted by molar-refractivity contribution is 0.457. The van der Waals surface area contributed by atoms with Gasteiger partial charge in [-0.25, -0.2) is 0 Å². The van der Waals surface area contributed by atoms with Gasteiger partial charge in [-0.05, 0) is 12.5 Å². The third-order valence-electron chi connectivity index (χ3n) is 2.42. The summed E-state index contributed by atoms with van der Waals surface area (Å²) in [5.41, 5.74) is 0. The first-order valence-electron chi connectivity index (χ1n) is 5.30. The zero-order chi connectivity index (χ0) is 10.1. The lowest BCUT2D eigenvalue weighted by Crippen LogP contribution is -2.26. The van der Waals surface area contributed by atoms with E-state index in [2.05, 4.69) is 19.2 Å². The molecule has 0 amide bonds. The second kappa shape index (κ2) is 8.70. The number of hydrogen-bond acceptors (Lipinski definition) is 2. The molecule has 0 aliphatic rings. The van der Waals surface area contributed by atoms with E-state index < -0.39 is 10.8 Å². The van der Waals surface area contributed by atoms with E-state index >= 15 is 0 Å². The van der Waals surface area contributed by atoms with Crippen LogP contribution in [0.4, 0.5) is 0 Å². The van der Waals surface area contributed by atoms with Crippen molar-refractivity contribution in [3.63, 3.8) is 0 Å². The minimum atomic E-state index is -0.608. The molecule has 1 atom stereocenters. The summed E-state index contributed by atoms with van der Waals surface area (Å²) in [6.07, 6.45) is 2.47. The fraction of sp³-hybridized carbons (Fsp3) is 1.00. The fourth-order valence-corrected chi connectivity index (χ4v) is 1.87. The van der Waals surface area contributed by atoms with Crippen molar-refractivity contribution in [1.82, 2.24) is 5.32 Å². The average Bonchev–Trinajstić information content (AvgIpc) is 2.18. The van der Waals surface area contributed by atoms with Gasteiger partial charge in [0.1, 0.15) is 0 Å². The highest BCUT2D eigenvalue weighted by atomic mass is 32.2. The van der Waals surface area contributed by atoms with Crippen LogP contribution in [-0.4, -0.2) is 28.8 Å². The Morgan fingerprint density at radius 1 is 1.23 bits per heavy atom. The quantitative estimate of drug-likeness (QED) is 0.612. The van der Waals surface area contributed by atoms with Gasteiger partial charge in [0.25, 0.3) is 0 Å². The molecule has 0 aliphatic heterocycles. The summed E-state index contributed by atoms with van der Waals surface area (Å²) in [4.78, 5) is 0. The normalized spacial score (nSPS) is 13.5. The topological polar surface area (TPSA) is 29.1 Å². The van der Waals surface area contributed by atoms with E-state index in [9.17, 15) is 4.21 Å². The molecular weight excluding hydrogens is 182 g/mol. The van der Waals surface area contributed by atoms with Crippen LogP contribution in [0.3, 0.4) is 0 Å². The average molecular weight is 205 g/mol. The zero-order valence-corrected chi connectivity index (χ0v) is 9.95. The monoisotopic (exact) mass is 205 g/mol. The van der Waals surface area contributed by atoms with Gasteiger partial charge in [0, 0.05) is 28.9 Å². The minimum absolute atomic E-state index is 0.608. The molecule has 0 heterocycles. The Hall–Kier alpha value is 0.110. The van der Waals surface area contributed by atoms with Crippen molar-refractivity contribution < 1.29 is 4.21 Å². The molecule has 0 aliphatic carbocycles. The maximum Gasteiger partial charge on any atom is 0.0359 e. The summed E-state index contributed by atoms with van der Waals surface area (Å²) in [7, 11) is -0.608. The van der Waals surface area contributed by atoms with Crippen molar-refractivity contribution in [3.8, 4) is 0 Å². The van der Waals surface area contributed by atoms with E-state index in [1.54, 1.807) is 0 Å². The van der Waals surface area contributed by atoms with Crippen LogP contribution in [0, 0.1) is 5.92 Å². The van der Waals surface area contributed by atoms with E-state index in [0.717, 1.165) is 30.5 Å². The molecule has 0 spiro atoms. The van der Waals surface area contributed by atoms with Crippen molar-refractivity contribution in [2.45, 2.75) is 33.6 Å². The van der Waals surface area contributed by atoms with Gasteiger partial charge in [0.2, 0.25) is 0 Å². The van der Waals surface area contributed by atoms with E-state index in [-0.39, 0.29) is 0 Å². The third-order valence-corrected chi connectivity index (χ3v) is 3.72. The highest BCUT2D eigenvalue weighted by Gasteiger charge is 2.02. The van der Waals surface area contributed by atoms with Gasteiger partial charge < -0.3 is 5.32 Å². The largest absolute Gasteiger partial charge is 0.316 e. The second-order valence-corrected chi connectivity index (χ2v) is 5.18. The molecule has 3 heteroatoms. The predicted molar refractivity (Wildman–Crippen MR) is 60.5 cm³/mol. The van der Waals surface area contributed by atoms with E-state index in [4.69, 9.17) is 0 Å². The molecule has 0 fully saturated rings. The van der Waals surface area contributed by atoms with Crippen molar-refractivity contribution in [2.24, 2.45) is 5.92 Å². The molecule has 0 saturated heterocycles. The molecule has 0 saturated carbocycles. The minimum Gasteiger partial charge on any atom is -0.316 e. The molecule has 0 aromatic heterocycles. The first-order chi connectivity index (χ1) is 6.24. The molecule has 0 aromatic carbocycles. The molecule has 80 valence electrons. The van der Waals surface area contributed by atoms with Gasteiger partial charge >= 0.3 is 0 Å². The van der Waals surface area contributed by atoms with Gasteiger partial charge in [-0.2, -0.15) is 0 Å². The van der Waals surface area contributed by atoms with Crippen LogP contribution >= 0.6 is 0 Å². The Morgan fingerprint density at radius 3 is 2.31 bits per heavy atom. The highest BCUT2D eigenvalue weighted by Crippen LogP contribution is 2.04. The first-order valence-corrected chi connectivity index (χ1v) is 6.79. The van der Waals surface area contributed by atoms with Gasteiger partial charge in [-0.3, -0.25) is 4.21 Å². The maximum absolute atomic E-state index is 11.1. The van der Waals surface area contributed by atoms with Crippen LogP contribution in [0.2, 0.25) is 0 Å². The summed E-state index contributed by atoms with van der Waals surface area (Å²) in [5.74, 6) is 2.37. The van der Waals surface area contributed by atoms with Crippen molar-refractivity contribution in [3.05, 3.63) is 0 Å². The summed E-state index contributed by atoms with van der Waals surface area (Å²) in [5, 5.41) is 3.36. The molecule has 0 rings (SSSR count). The van der Waals surface area contributed by atoms with E-state index in [0.29, 0.717) is 0 Å². The van der Waals surface area contributed by atoms with Crippen LogP contribution in [0.25, 0.3) is 0 Å². The third kappa shape index (κ3) is 7.20. The molecule has 0 aromatic rings. The molecule has 1 unspecified atom stereocenters. The number of hydrogen-bond donors (Lipinski definition) is 1. The van der Waals surface area contributed by atoms with Crippen molar-refractivity contribution >= 4 is 10.8 Å². The molecule has 0 radical (unpaired) electrons. The van der Waals surface area contributed by atoms with Crippen molar-refractivity contribution in [2.75, 3.05) is 24.6 Å². The van der Waals surface area contributed by atoms with Gasteiger partial charge in [-0.15, -0.1) is 0 Å². The van der Waals surface area contributed by atoms with Crippen LogP contribution in [-0.2, 0) is 10.8 Å². The van der Waals surface area contributed by atoms with Crippen LogP contribution in [0.15, 0.2) is 0 Å². The van der Waals surface area contributed by atoms with Crippen LogP contribution in [0.5, 0.6) is 0 Å². The van der Waals surface area contributed by atoms with Gasteiger partial charge in [-0.1, -0.05) is 33.6 Å². The Labute approximate surface area is 84.9 Å². The molecule has 0 bridgehead atoms. The molecule has 1 N–H and O–H groups in total. The summed E-state index contributed by atoms with van der Waals surface area (Å²) in [6.45, 7) is 8.39. The Kier molecular flexibility index (Phi) is 8.77. The Balaban J connectivity index is 3.28. The Bertz CT molecular complexity index is 135. The summed E-state index contributed by atoms with van der Waals surface area (Å²) in [6, 6.07) is 0. The molecule has 13 heavy (non-hydrogen) atoms. The van der Waals surface area contributed by atoms with E-state index in [1.165, 1.54) is 12.8 Å². The van der Waals surface area contributed by atoms with Gasteiger partial charge in [0.15, 0.2) is 0 Å². The highest BCUT2D eigenvalue weighted by molar-refractivity contribution is 7.84. The van der Waals surface area contributed by atoms with Crippen LogP contribution in [0.1, 0.15) is 33.6 Å². The number of nitrogens with one attached hydrogen (secondary N) is 1. The van der Waals surface area contributed by atoms with Crippen molar-refractivity contribution in [1.29, 1.82) is 0 Å². The second-order valence-electron chi connectivity index (χ2n) is 3.32. The maximum atomic E-state index is 11.1. The molecule has 2 nitrogen and oxygen atoms in total. The first kappa shape index (κ1) is 13.1. The Morgan fingerprint density at radius 2 is 1.85 bits per heavy atom. The lowest BCUT2D eigenvalue weighted by atomic mass is 10.0. The standard InChI is InChI=1S/C10H23NOS/c1-4-10(5-2)9-11-7-8-13(12)6-3/h10-11H,4-9H2,1-3H3. The zero-order valence-electron chi connectivity index (χ0n) is 9.14. The smallest absolute Gasteiger partial charge is 0.0359 e. The molecular formula is C10H23NOS. The van der Waals surface area contributed by atoms with Crippen LogP contribution < -0.4 is 5.32 Å².